The third-order valence-corrected chi connectivity index (χ3v) is 4.22. The van der Waals surface area contributed by atoms with Crippen molar-refractivity contribution in [1.82, 2.24) is 5.32 Å². The monoisotopic (exact) mass is 323 g/mol. The number of rotatable bonds is 5. The van der Waals surface area contributed by atoms with E-state index in [1.165, 1.54) is 0 Å². The summed E-state index contributed by atoms with van der Waals surface area (Å²) in [7, 11) is 3.63. The lowest BCUT2D eigenvalue weighted by molar-refractivity contribution is 0.410. The molecule has 112 valence electrons. The van der Waals surface area contributed by atoms with E-state index in [0.29, 0.717) is 5.02 Å². The van der Waals surface area contributed by atoms with Gasteiger partial charge in [0, 0.05) is 16.1 Å². The minimum atomic E-state index is 0.149. The molecule has 0 heterocycles. The van der Waals surface area contributed by atoms with Crippen molar-refractivity contribution in [3.8, 4) is 5.75 Å². The molecule has 0 saturated carbocycles. The van der Waals surface area contributed by atoms with Gasteiger partial charge in [0.2, 0.25) is 0 Å². The van der Waals surface area contributed by atoms with Gasteiger partial charge < -0.3 is 10.1 Å². The van der Waals surface area contributed by atoms with Crippen molar-refractivity contribution >= 4 is 23.2 Å². The zero-order chi connectivity index (χ0) is 15.4. The number of methoxy groups -OCH3 is 1. The van der Waals surface area contributed by atoms with Crippen LogP contribution in [0, 0.1) is 6.92 Å². The number of halogens is 2. The van der Waals surface area contributed by atoms with E-state index in [1.807, 2.05) is 26.1 Å². The van der Waals surface area contributed by atoms with Crippen molar-refractivity contribution in [2.45, 2.75) is 19.4 Å². The molecule has 4 heteroatoms. The maximum Gasteiger partial charge on any atom is 0.122 e. The summed E-state index contributed by atoms with van der Waals surface area (Å²) >= 11 is 12.3. The number of likely N-dealkylation sites (N-methyl/N-ethyl adjacent to an activating group) is 1. The zero-order valence-electron chi connectivity index (χ0n) is 12.4. The zero-order valence-corrected chi connectivity index (χ0v) is 13.9. The molecular formula is C17H19Cl2NO. The second-order valence-electron chi connectivity index (χ2n) is 5.01. The van der Waals surface area contributed by atoms with Crippen LogP contribution in [0.5, 0.6) is 5.75 Å². The molecule has 2 nitrogen and oxygen atoms in total. The lowest BCUT2D eigenvalue weighted by Gasteiger charge is -2.19. The van der Waals surface area contributed by atoms with Gasteiger partial charge in [-0.15, -0.1) is 0 Å². The minimum Gasteiger partial charge on any atom is -0.496 e. The Morgan fingerprint density at radius 1 is 1.14 bits per heavy atom. The summed E-state index contributed by atoms with van der Waals surface area (Å²) in [5.74, 6) is 0.893. The van der Waals surface area contributed by atoms with Crippen LogP contribution in [0.3, 0.4) is 0 Å². The first-order valence-electron chi connectivity index (χ1n) is 6.81. The molecule has 0 aliphatic carbocycles. The first-order valence-corrected chi connectivity index (χ1v) is 7.56. The molecule has 1 unspecified atom stereocenters. The Morgan fingerprint density at radius 2 is 1.90 bits per heavy atom. The fraction of sp³-hybridized carbons (Fsp3) is 0.294. The Hall–Kier alpha value is -1.22. The van der Waals surface area contributed by atoms with Crippen molar-refractivity contribution < 1.29 is 4.74 Å². The highest BCUT2D eigenvalue weighted by atomic mass is 35.5. The van der Waals surface area contributed by atoms with E-state index in [-0.39, 0.29) is 6.04 Å². The van der Waals surface area contributed by atoms with Crippen LogP contribution in [0.1, 0.15) is 22.7 Å². The molecule has 2 aromatic rings. The highest BCUT2D eigenvalue weighted by Crippen LogP contribution is 2.28. The average molecular weight is 324 g/mol. The van der Waals surface area contributed by atoms with Crippen LogP contribution in [0.4, 0.5) is 0 Å². The number of hydrogen-bond acceptors (Lipinski definition) is 2. The maximum absolute atomic E-state index is 6.26. The summed E-state index contributed by atoms with van der Waals surface area (Å²) in [6.07, 6.45) is 0.766. The number of aryl methyl sites for hydroxylation is 1. The molecule has 0 spiro atoms. The van der Waals surface area contributed by atoms with Crippen LogP contribution in [0.25, 0.3) is 0 Å². The van der Waals surface area contributed by atoms with Gasteiger partial charge in [0.15, 0.2) is 0 Å². The molecule has 0 amide bonds. The van der Waals surface area contributed by atoms with E-state index < -0.39 is 0 Å². The van der Waals surface area contributed by atoms with Crippen LogP contribution in [-0.4, -0.2) is 14.2 Å². The second-order valence-corrected chi connectivity index (χ2v) is 5.85. The molecule has 0 radical (unpaired) electrons. The Kier molecular flexibility index (Phi) is 5.51. The fourth-order valence-electron chi connectivity index (χ4n) is 2.36. The highest BCUT2D eigenvalue weighted by Gasteiger charge is 2.14. The summed E-state index contributed by atoms with van der Waals surface area (Å²) in [5, 5.41) is 4.76. The van der Waals surface area contributed by atoms with Crippen molar-refractivity contribution in [3.63, 3.8) is 0 Å². The van der Waals surface area contributed by atoms with Crippen molar-refractivity contribution in [1.29, 1.82) is 0 Å². The molecule has 0 fully saturated rings. The number of ether oxygens (including phenoxy) is 1. The Bertz CT molecular complexity index is 628. The summed E-state index contributed by atoms with van der Waals surface area (Å²) in [4.78, 5) is 0. The van der Waals surface area contributed by atoms with Gasteiger partial charge in [-0.25, -0.2) is 0 Å². The quantitative estimate of drug-likeness (QED) is 0.852. The molecule has 0 aliphatic rings. The summed E-state index contributed by atoms with van der Waals surface area (Å²) in [5.41, 5.74) is 3.32. The smallest absolute Gasteiger partial charge is 0.122 e. The molecular weight excluding hydrogens is 305 g/mol. The molecule has 21 heavy (non-hydrogen) atoms. The van der Waals surface area contributed by atoms with Gasteiger partial charge in [-0.1, -0.05) is 35.3 Å². The minimum absolute atomic E-state index is 0.149. The normalized spacial score (nSPS) is 12.2. The molecule has 0 saturated heterocycles. The number of hydrogen-bond donors (Lipinski definition) is 1. The fourth-order valence-corrected chi connectivity index (χ4v) is 2.75. The number of nitrogens with one attached hydrogen (secondary N) is 1. The van der Waals surface area contributed by atoms with Crippen molar-refractivity contribution in [2.75, 3.05) is 14.2 Å². The predicted molar refractivity (Wildman–Crippen MR) is 89.7 cm³/mol. The van der Waals surface area contributed by atoms with Crippen LogP contribution in [0.2, 0.25) is 10.0 Å². The van der Waals surface area contributed by atoms with E-state index in [2.05, 4.69) is 23.5 Å². The lowest BCUT2D eigenvalue weighted by atomic mass is 9.97. The third kappa shape index (κ3) is 3.91. The van der Waals surface area contributed by atoms with E-state index >= 15 is 0 Å². The summed E-state index contributed by atoms with van der Waals surface area (Å²) in [6.45, 7) is 2.03. The van der Waals surface area contributed by atoms with Gasteiger partial charge in [-0.3, -0.25) is 0 Å². The largest absolute Gasteiger partial charge is 0.496 e. The van der Waals surface area contributed by atoms with Gasteiger partial charge >= 0.3 is 0 Å². The molecule has 1 N–H and O–H groups in total. The summed E-state index contributed by atoms with van der Waals surface area (Å²) in [6, 6.07) is 11.9. The van der Waals surface area contributed by atoms with Gasteiger partial charge in [0.25, 0.3) is 0 Å². The van der Waals surface area contributed by atoms with Crippen molar-refractivity contribution in [2.24, 2.45) is 0 Å². The van der Waals surface area contributed by atoms with E-state index in [4.69, 9.17) is 27.9 Å². The van der Waals surface area contributed by atoms with Crippen LogP contribution in [0.15, 0.2) is 36.4 Å². The Balaban J connectivity index is 2.29. The first kappa shape index (κ1) is 16.2. The van der Waals surface area contributed by atoms with Crippen LogP contribution in [-0.2, 0) is 6.42 Å². The molecule has 2 aromatic carbocycles. The third-order valence-electron chi connectivity index (χ3n) is 3.61. The lowest BCUT2D eigenvalue weighted by Crippen LogP contribution is -2.19. The molecule has 2 rings (SSSR count). The number of benzene rings is 2. The average Bonchev–Trinajstić information content (AvgIpc) is 2.49. The molecule has 0 bridgehead atoms. The molecule has 0 aliphatic heterocycles. The van der Waals surface area contributed by atoms with Gasteiger partial charge in [0.1, 0.15) is 5.75 Å². The predicted octanol–water partition coefficient (Wildman–Crippen LogP) is 4.81. The highest BCUT2D eigenvalue weighted by molar-refractivity contribution is 6.33. The maximum atomic E-state index is 6.26. The Labute approximate surface area is 136 Å². The van der Waals surface area contributed by atoms with Gasteiger partial charge in [-0.2, -0.15) is 0 Å². The second kappa shape index (κ2) is 7.17. The van der Waals surface area contributed by atoms with E-state index in [9.17, 15) is 0 Å². The van der Waals surface area contributed by atoms with Crippen LogP contribution >= 0.6 is 23.2 Å². The topological polar surface area (TPSA) is 21.3 Å². The first-order chi connectivity index (χ1) is 10.0. The van der Waals surface area contributed by atoms with Gasteiger partial charge in [0.05, 0.1) is 7.11 Å². The summed E-state index contributed by atoms with van der Waals surface area (Å²) < 4.78 is 5.40. The Morgan fingerprint density at radius 3 is 2.57 bits per heavy atom. The molecule has 1 atom stereocenters. The van der Waals surface area contributed by atoms with Crippen molar-refractivity contribution in [3.05, 3.63) is 63.1 Å². The SMILES string of the molecule is CNC(Cc1cc(Cl)ccc1Cl)c1ccc(C)c(OC)c1. The van der Waals surface area contributed by atoms with E-state index in [0.717, 1.165) is 33.9 Å². The molecule has 0 aromatic heterocycles. The van der Waals surface area contributed by atoms with E-state index in [1.54, 1.807) is 13.2 Å². The standard InChI is InChI=1S/C17H19Cl2NO/c1-11-4-5-12(10-17(11)21-3)16(20-2)9-13-8-14(18)6-7-15(13)19/h4-8,10,16,20H,9H2,1-3H3. The van der Waals surface area contributed by atoms with Crippen LogP contribution < -0.4 is 10.1 Å². The van der Waals surface area contributed by atoms with Gasteiger partial charge in [-0.05, 0) is 61.3 Å².